The molecule has 0 N–H and O–H groups in total. The Balaban J connectivity index is 1.44. The van der Waals surface area contributed by atoms with E-state index in [0.717, 1.165) is 70.0 Å². The van der Waals surface area contributed by atoms with Gasteiger partial charge in [-0.15, -0.1) is 0 Å². The summed E-state index contributed by atoms with van der Waals surface area (Å²) in [5.74, 6) is -0.532. The summed E-state index contributed by atoms with van der Waals surface area (Å²) in [5.41, 5.74) is 0.867. The molecule has 7 nitrogen and oxygen atoms in total. The van der Waals surface area contributed by atoms with Crippen molar-refractivity contribution < 1.29 is 22.7 Å². The van der Waals surface area contributed by atoms with Crippen molar-refractivity contribution in [3.8, 4) is 0 Å². The van der Waals surface area contributed by atoms with E-state index in [-0.39, 0.29) is 18.9 Å². The van der Waals surface area contributed by atoms with E-state index in [1.807, 2.05) is 0 Å². The monoisotopic (exact) mass is 464 g/mol. The van der Waals surface area contributed by atoms with Gasteiger partial charge in [0.25, 0.3) is 5.91 Å². The molecule has 0 aromatic heterocycles. The fraction of sp³-hybridized carbons (Fsp3) is 0.667. The first kappa shape index (κ1) is 24.7. The highest BCUT2D eigenvalue weighted by Gasteiger charge is 2.25. The van der Waals surface area contributed by atoms with E-state index in [0.29, 0.717) is 24.4 Å². The number of hydrogen-bond donors (Lipinski definition) is 0. The summed E-state index contributed by atoms with van der Waals surface area (Å²) < 4.78 is 32.5. The number of carbonyl (C=O) groups is 2. The van der Waals surface area contributed by atoms with Crippen molar-refractivity contribution in [2.45, 2.75) is 75.5 Å². The molecule has 0 saturated carbocycles. The summed E-state index contributed by atoms with van der Waals surface area (Å²) in [4.78, 5) is 26.5. The number of benzene rings is 1. The van der Waals surface area contributed by atoms with Gasteiger partial charge in [0.15, 0.2) is 6.61 Å². The summed E-state index contributed by atoms with van der Waals surface area (Å²) in [7, 11) is -3.47. The number of hydrogen-bond acceptors (Lipinski definition) is 5. The van der Waals surface area contributed by atoms with Gasteiger partial charge in [-0.1, -0.05) is 44.2 Å². The molecule has 178 valence electrons. The number of rotatable bonds is 7. The van der Waals surface area contributed by atoms with Gasteiger partial charge in [-0.3, -0.25) is 9.59 Å². The van der Waals surface area contributed by atoms with Gasteiger partial charge in [0, 0.05) is 32.6 Å². The normalized spacial score (nSPS) is 18.9. The van der Waals surface area contributed by atoms with Crippen LogP contribution in [0.5, 0.6) is 0 Å². The average molecular weight is 465 g/mol. The van der Waals surface area contributed by atoms with Gasteiger partial charge < -0.3 is 9.64 Å². The van der Waals surface area contributed by atoms with Crippen LogP contribution >= 0.6 is 0 Å². The summed E-state index contributed by atoms with van der Waals surface area (Å²) in [6.45, 7) is 2.43. The molecule has 3 rings (SSSR count). The van der Waals surface area contributed by atoms with Crippen LogP contribution in [0.1, 0.15) is 69.8 Å². The van der Waals surface area contributed by atoms with Crippen molar-refractivity contribution in [1.82, 2.24) is 9.21 Å². The number of carbonyl (C=O) groups excluding carboxylic acids is 2. The first-order valence-electron chi connectivity index (χ1n) is 12.0. The van der Waals surface area contributed by atoms with E-state index < -0.39 is 16.0 Å². The highest BCUT2D eigenvalue weighted by molar-refractivity contribution is 7.89. The van der Waals surface area contributed by atoms with Crippen molar-refractivity contribution in [3.63, 3.8) is 0 Å². The second-order valence-corrected chi connectivity index (χ2v) is 10.7. The fourth-order valence-corrected chi connectivity index (χ4v) is 5.83. The molecule has 2 fully saturated rings. The number of amides is 1. The van der Waals surface area contributed by atoms with Gasteiger partial charge in [0.05, 0.1) is 4.90 Å². The molecule has 0 spiro atoms. The Morgan fingerprint density at radius 1 is 0.781 bits per heavy atom. The molecule has 2 aliphatic heterocycles. The minimum Gasteiger partial charge on any atom is -0.456 e. The van der Waals surface area contributed by atoms with Gasteiger partial charge in [0.1, 0.15) is 0 Å². The maximum atomic E-state index is 12.9. The third-order valence-corrected chi connectivity index (χ3v) is 8.22. The van der Waals surface area contributed by atoms with Crippen LogP contribution in [0.25, 0.3) is 0 Å². The number of aryl methyl sites for hydroxylation is 1. The first-order valence-corrected chi connectivity index (χ1v) is 13.4. The van der Waals surface area contributed by atoms with Crippen LogP contribution in [0.2, 0.25) is 0 Å². The molecule has 0 bridgehead atoms. The Labute approximate surface area is 192 Å². The van der Waals surface area contributed by atoms with Crippen molar-refractivity contribution >= 4 is 21.9 Å². The molecule has 2 heterocycles. The van der Waals surface area contributed by atoms with E-state index in [4.69, 9.17) is 4.74 Å². The van der Waals surface area contributed by atoms with Crippen LogP contribution in [0.4, 0.5) is 0 Å². The zero-order chi connectivity index (χ0) is 22.8. The quantitative estimate of drug-likeness (QED) is 0.577. The molecule has 1 aromatic carbocycles. The molecule has 1 aromatic rings. The molecule has 1 amide bonds. The van der Waals surface area contributed by atoms with Gasteiger partial charge in [0.2, 0.25) is 10.0 Å². The summed E-state index contributed by atoms with van der Waals surface area (Å²) in [5, 5.41) is 0. The van der Waals surface area contributed by atoms with Crippen molar-refractivity contribution in [2.24, 2.45) is 0 Å². The molecule has 0 unspecified atom stereocenters. The fourth-order valence-electron chi connectivity index (χ4n) is 4.31. The van der Waals surface area contributed by atoms with E-state index in [2.05, 4.69) is 0 Å². The maximum Gasteiger partial charge on any atom is 0.306 e. The number of ether oxygens (including phenoxy) is 1. The first-order chi connectivity index (χ1) is 15.5. The van der Waals surface area contributed by atoms with E-state index in [9.17, 15) is 18.0 Å². The third-order valence-electron chi connectivity index (χ3n) is 6.31. The minimum absolute atomic E-state index is 0.122. The zero-order valence-corrected chi connectivity index (χ0v) is 19.8. The summed E-state index contributed by atoms with van der Waals surface area (Å²) in [6.07, 6.45) is 10.1. The Kier molecular flexibility index (Phi) is 9.53. The Morgan fingerprint density at radius 3 is 1.91 bits per heavy atom. The predicted octanol–water partition coefficient (Wildman–Crippen LogP) is 3.52. The lowest BCUT2D eigenvalue weighted by Gasteiger charge is -2.24. The van der Waals surface area contributed by atoms with Gasteiger partial charge in [-0.05, 0) is 49.8 Å². The highest BCUT2D eigenvalue weighted by Crippen LogP contribution is 2.21. The molecule has 2 aliphatic rings. The lowest BCUT2D eigenvalue weighted by molar-refractivity contribution is -0.152. The van der Waals surface area contributed by atoms with Gasteiger partial charge in [-0.2, -0.15) is 4.31 Å². The second-order valence-electron chi connectivity index (χ2n) is 8.77. The van der Waals surface area contributed by atoms with Crippen LogP contribution in [-0.2, 0) is 30.8 Å². The predicted molar refractivity (Wildman–Crippen MR) is 123 cm³/mol. The Bertz CT molecular complexity index is 838. The number of sulfonamides is 1. The second kappa shape index (κ2) is 12.3. The molecule has 8 heteroatoms. The van der Waals surface area contributed by atoms with Crippen LogP contribution in [0.3, 0.4) is 0 Å². The average Bonchev–Trinajstić information content (AvgIpc) is 3.06. The van der Waals surface area contributed by atoms with Crippen molar-refractivity contribution in [2.75, 3.05) is 32.8 Å². The van der Waals surface area contributed by atoms with Gasteiger partial charge >= 0.3 is 5.97 Å². The van der Waals surface area contributed by atoms with Gasteiger partial charge in [-0.25, -0.2) is 8.42 Å². The van der Waals surface area contributed by atoms with Crippen LogP contribution < -0.4 is 0 Å². The maximum absolute atomic E-state index is 12.9. The standard InChI is InChI=1S/C24H36N2O5S/c27-23(25-16-6-2-1-3-7-17-25)20-31-24(28)15-12-21-10-13-22(14-11-21)32(29,30)26-18-8-4-5-9-19-26/h10-11,13-14H,1-9,12,15-20H2. The number of nitrogens with zero attached hydrogens (tertiary/aromatic N) is 2. The molecule has 0 radical (unpaired) electrons. The summed E-state index contributed by atoms with van der Waals surface area (Å²) in [6, 6.07) is 6.74. The molecule has 0 atom stereocenters. The molecular formula is C24H36N2O5S. The van der Waals surface area contributed by atoms with Crippen LogP contribution in [0.15, 0.2) is 29.2 Å². The number of esters is 1. The smallest absolute Gasteiger partial charge is 0.306 e. The van der Waals surface area contributed by atoms with Crippen molar-refractivity contribution in [3.05, 3.63) is 29.8 Å². The van der Waals surface area contributed by atoms with E-state index >= 15 is 0 Å². The molecule has 0 aliphatic carbocycles. The topological polar surface area (TPSA) is 84.0 Å². The highest BCUT2D eigenvalue weighted by atomic mass is 32.2. The molecular weight excluding hydrogens is 428 g/mol. The third kappa shape index (κ3) is 7.30. The van der Waals surface area contributed by atoms with E-state index in [1.165, 1.54) is 6.42 Å². The van der Waals surface area contributed by atoms with Crippen LogP contribution in [0, 0.1) is 0 Å². The van der Waals surface area contributed by atoms with E-state index in [1.54, 1.807) is 33.5 Å². The largest absolute Gasteiger partial charge is 0.456 e. The number of likely N-dealkylation sites (tertiary alicyclic amines) is 1. The molecule has 2 saturated heterocycles. The SMILES string of the molecule is O=C(CCc1ccc(S(=O)(=O)N2CCCCCC2)cc1)OCC(=O)N1CCCCCCC1. The Morgan fingerprint density at radius 2 is 1.31 bits per heavy atom. The van der Waals surface area contributed by atoms with Crippen LogP contribution in [-0.4, -0.2) is 62.3 Å². The zero-order valence-electron chi connectivity index (χ0n) is 19.0. The summed E-state index contributed by atoms with van der Waals surface area (Å²) >= 11 is 0. The molecule has 32 heavy (non-hydrogen) atoms. The lowest BCUT2D eigenvalue weighted by Crippen LogP contribution is -2.36. The van der Waals surface area contributed by atoms with Crippen molar-refractivity contribution in [1.29, 1.82) is 0 Å². The lowest BCUT2D eigenvalue weighted by atomic mass is 10.1. The minimum atomic E-state index is -3.47. The Hall–Kier alpha value is -1.93.